The Balaban J connectivity index is 2.89. The van der Waals surface area contributed by atoms with Crippen LogP contribution in [0.3, 0.4) is 0 Å². The van der Waals surface area contributed by atoms with E-state index in [9.17, 15) is 0 Å². The summed E-state index contributed by atoms with van der Waals surface area (Å²) in [5, 5.41) is 1.62. The van der Waals surface area contributed by atoms with Gasteiger partial charge >= 0.3 is 0 Å². The van der Waals surface area contributed by atoms with Gasteiger partial charge in [-0.1, -0.05) is 63.2 Å². The summed E-state index contributed by atoms with van der Waals surface area (Å²) < 4.78 is 0. The Morgan fingerprint density at radius 2 is 1.31 bits per heavy atom. The summed E-state index contributed by atoms with van der Waals surface area (Å²) in [7, 11) is -0.739. The summed E-state index contributed by atoms with van der Waals surface area (Å²) in [5.41, 5.74) is 1.73. The molecule has 72 valence electrons. The van der Waals surface area contributed by atoms with E-state index in [1.165, 1.54) is 0 Å². The number of hydrogen-bond donors (Lipinski definition) is 0. The Morgan fingerprint density at radius 3 is 1.69 bits per heavy atom. The summed E-state index contributed by atoms with van der Waals surface area (Å²) in [5.74, 6) is 0. The molecule has 0 aromatic heterocycles. The lowest BCUT2D eigenvalue weighted by atomic mass is 10.4. The SMILES string of the molecule is CC(C)[SiH](c1ccccc1)C(C)C. The normalized spacial score (nSPS) is 11.6. The van der Waals surface area contributed by atoms with Gasteiger partial charge in [-0.3, -0.25) is 0 Å². The fourth-order valence-electron chi connectivity index (χ4n) is 2.21. The van der Waals surface area contributed by atoms with Gasteiger partial charge in [-0.25, -0.2) is 0 Å². The van der Waals surface area contributed by atoms with Gasteiger partial charge in [0.2, 0.25) is 0 Å². The van der Waals surface area contributed by atoms with Crippen molar-refractivity contribution in [3.8, 4) is 0 Å². The number of benzene rings is 1. The van der Waals surface area contributed by atoms with Gasteiger partial charge in [-0.15, -0.1) is 0 Å². The van der Waals surface area contributed by atoms with E-state index >= 15 is 0 Å². The molecule has 0 fully saturated rings. The van der Waals surface area contributed by atoms with E-state index in [4.69, 9.17) is 0 Å². The van der Waals surface area contributed by atoms with E-state index in [0.717, 1.165) is 11.1 Å². The lowest BCUT2D eigenvalue weighted by molar-refractivity contribution is 0.951. The first kappa shape index (κ1) is 10.5. The first-order valence-corrected chi connectivity index (χ1v) is 7.09. The van der Waals surface area contributed by atoms with E-state index in [1.54, 1.807) is 5.19 Å². The molecule has 1 rings (SSSR count). The van der Waals surface area contributed by atoms with E-state index < -0.39 is 8.80 Å². The topological polar surface area (TPSA) is 0 Å². The van der Waals surface area contributed by atoms with Crippen molar-refractivity contribution in [1.29, 1.82) is 0 Å². The minimum atomic E-state index is -0.739. The number of rotatable bonds is 3. The van der Waals surface area contributed by atoms with Gasteiger partial charge in [0.1, 0.15) is 0 Å². The standard InChI is InChI=1S/C12H20Si/c1-10(2)13(11(3)4)12-8-6-5-7-9-12/h5-11,13H,1-4H3. The molecule has 0 bridgehead atoms. The van der Waals surface area contributed by atoms with E-state index in [0.29, 0.717) is 0 Å². The van der Waals surface area contributed by atoms with Crippen LogP contribution in [0.15, 0.2) is 30.3 Å². The van der Waals surface area contributed by atoms with Crippen molar-refractivity contribution in [2.75, 3.05) is 0 Å². The molecule has 1 heteroatoms. The van der Waals surface area contributed by atoms with Crippen LogP contribution in [-0.2, 0) is 0 Å². The quantitative estimate of drug-likeness (QED) is 0.646. The van der Waals surface area contributed by atoms with Gasteiger partial charge in [-0.2, -0.15) is 0 Å². The zero-order chi connectivity index (χ0) is 9.84. The molecule has 0 unspecified atom stereocenters. The molecule has 0 saturated heterocycles. The van der Waals surface area contributed by atoms with Crippen molar-refractivity contribution in [2.45, 2.75) is 38.8 Å². The van der Waals surface area contributed by atoms with Crippen molar-refractivity contribution >= 4 is 14.0 Å². The highest BCUT2D eigenvalue weighted by Gasteiger charge is 2.20. The molecule has 0 aliphatic rings. The van der Waals surface area contributed by atoms with Gasteiger partial charge in [-0.05, 0) is 11.1 Å². The third-order valence-electron chi connectivity index (χ3n) is 2.62. The van der Waals surface area contributed by atoms with E-state index in [2.05, 4.69) is 58.0 Å². The van der Waals surface area contributed by atoms with Crippen molar-refractivity contribution < 1.29 is 0 Å². The summed E-state index contributed by atoms with van der Waals surface area (Å²) in [6.07, 6.45) is 0. The van der Waals surface area contributed by atoms with E-state index in [-0.39, 0.29) is 0 Å². The molecule has 0 nitrogen and oxygen atoms in total. The van der Waals surface area contributed by atoms with Gasteiger partial charge < -0.3 is 0 Å². The van der Waals surface area contributed by atoms with Crippen LogP contribution < -0.4 is 5.19 Å². The Labute approximate surface area is 83.6 Å². The minimum Gasteiger partial charge on any atom is -0.0651 e. The molecular weight excluding hydrogens is 172 g/mol. The highest BCUT2D eigenvalue weighted by molar-refractivity contribution is 6.75. The molecule has 13 heavy (non-hydrogen) atoms. The Morgan fingerprint density at radius 1 is 0.846 bits per heavy atom. The first-order valence-electron chi connectivity index (χ1n) is 5.18. The highest BCUT2D eigenvalue weighted by atomic mass is 28.3. The monoisotopic (exact) mass is 192 g/mol. The van der Waals surface area contributed by atoms with Crippen molar-refractivity contribution in [3.63, 3.8) is 0 Å². The van der Waals surface area contributed by atoms with Crippen molar-refractivity contribution in [3.05, 3.63) is 30.3 Å². The van der Waals surface area contributed by atoms with Gasteiger partial charge in [0, 0.05) is 0 Å². The molecule has 0 atom stereocenters. The maximum atomic E-state index is 2.36. The zero-order valence-corrected chi connectivity index (χ0v) is 10.3. The summed E-state index contributed by atoms with van der Waals surface area (Å²) in [4.78, 5) is 0. The van der Waals surface area contributed by atoms with Gasteiger partial charge in [0.15, 0.2) is 0 Å². The second kappa shape index (κ2) is 4.61. The van der Waals surface area contributed by atoms with Gasteiger partial charge in [0.25, 0.3) is 0 Å². The van der Waals surface area contributed by atoms with Crippen molar-refractivity contribution in [2.24, 2.45) is 0 Å². The number of hydrogen-bond acceptors (Lipinski definition) is 0. The van der Waals surface area contributed by atoms with E-state index in [1.807, 2.05) is 0 Å². The average molecular weight is 192 g/mol. The Kier molecular flexibility index (Phi) is 3.73. The van der Waals surface area contributed by atoms with Gasteiger partial charge in [0.05, 0.1) is 8.80 Å². The third-order valence-corrected chi connectivity index (χ3v) is 6.65. The molecule has 0 aliphatic heterocycles. The molecule has 0 aliphatic carbocycles. The first-order chi connectivity index (χ1) is 6.13. The Hall–Kier alpha value is -0.563. The third kappa shape index (κ3) is 2.70. The predicted octanol–water partition coefficient (Wildman–Crippen LogP) is 2.94. The predicted molar refractivity (Wildman–Crippen MR) is 63.4 cm³/mol. The second-order valence-corrected chi connectivity index (χ2v) is 8.81. The average Bonchev–Trinajstić information content (AvgIpc) is 2.04. The van der Waals surface area contributed by atoms with Crippen LogP contribution in [0.2, 0.25) is 11.1 Å². The molecule has 0 saturated carbocycles. The highest BCUT2D eigenvalue weighted by Crippen LogP contribution is 2.19. The van der Waals surface area contributed by atoms with Crippen LogP contribution in [0.1, 0.15) is 27.7 Å². The van der Waals surface area contributed by atoms with Crippen LogP contribution in [0, 0.1) is 0 Å². The Bertz CT molecular complexity index is 231. The summed E-state index contributed by atoms with van der Waals surface area (Å²) >= 11 is 0. The van der Waals surface area contributed by atoms with Crippen LogP contribution in [0.25, 0.3) is 0 Å². The molecular formula is C12H20Si. The van der Waals surface area contributed by atoms with Crippen LogP contribution in [0.5, 0.6) is 0 Å². The molecule has 0 amide bonds. The fraction of sp³-hybridized carbons (Fsp3) is 0.500. The van der Waals surface area contributed by atoms with Crippen LogP contribution in [0.4, 0.5) is 0 Å². The molecule has 0 heterocycles. The van der Waals surface area contributed by atoms with Crippen molar-refractivity contribution in [1.82, 2.24) is 0 Å². The smallest absolute Gasteiger partial charge is 0.0651 e. The molecule has 0 radical (unpaired) electrons. The lowest BCUT2D eigenvalue weighted by Gasteiger charge is -2.23. The largest absolute Gasteiger partial charge is 0.0758 e. The van der Waals surface area contributed by atoms with Crippen LogP contribution >= 0.6 is 0 Å². The minimum absolute atomic E-state index is 0.739. The zero-order valence-electron chi connectivity index (χ0n) is 9.12. The summed E-state index contributed by atoms with van der Waals surface area (Å²) in [6, 6.07) is 11.0. The molecule has 0 N–H and O–H groups in total. The summed E-state index contributed by atoms with van der Waals surface area (Å²) in [6.45, 7) is 9.46. The molecule has 1 aromatic rings. The maximum absolute atomic E-state index is 2.36. The molecule has 1 aromatic carbocycles. The maximum Gasteiger partial charge on any atom is 0.0758 e. The van der Waals surface area contributed by atoms with Crippen LogP contribution in [-0.4, -0.2) is 8.80 Å². The fourth-order valence-corrected chi connectivity index (χ4v) is 5.96. The lowest BCUT2D eigenvalue weighted by Crippen LogP contribution is -2.35. The molecule has 0 spiro atoms. The second-order valence-electron chi connectivity index (χ2n) is 4.42.